The van der Waals surface area contributed by atoms with E-state index in [0.717, 1.165) is 39.7 Å². The lowest BCUT2D eigenvalue weighted by molar-refractivity contribution is 1.26. The van der Waals surface area contributed by atoms with Crippen molar-refractivity contribution in [1.82, 2.24) is 0 Å². The Morgan fingerprint density at radius 2 is 0.742 bits per heavy atom. The molecule has 0 atom stereocenters. The molecule has 0 fully saturated rings. The molecule has 0 aromatic heterocycles. The lowest BCUT2D eigenvalue weighted by Gasteiger charge is -2.29. The molecule has 0 bridgehead atoms. The molecule has 2 heteroatoms. The highest BCUT2D eigenvalue weighted by atomic mass is 15.2. The van der Waals surface area contributed by atoms with E-state index in [4.69, 9.17) is 0 Å². The summed E-state index contributed by atoms with van der Waals surface area (Å²) in [5, 5.41) is 10.3. The third-order valence-corrected chi connectivity index (χ3v) is 12.3. The first-order chi connectivity index (χ1) is 30.6. The lowest BCUT2D eigenvalue weighted by atomic mass is 9.89. The summed E-state index contributed by atoms with van der Waals surface area (Å²) >= 11 is 0. The van der Waals surface area contributed by atoms with E-state index in [0.29, 0.717) is 0 Å². The minimum absolute atomic E-state index is 1.08. The second-order valence-corrected chi connectivity index (χ2v) is 16.3. The molecule has 0 aliphatic heterocycles. The predicted octanol–water partition coefficient (Wildman–Crippen LogP) is 16.9. The van der Waals surface area contributed by atoms with Gasteiger partial charge in [0.1, 0.15) is 0 Å². The summed E-state index contributed by atoms with van der Waals surface area (Å²) in [5.41, 5.74) is 13.9. The van der Waals surface area contributed by atoms with Crippen molar-refractivity contribution in [2.75, 3.05) is 9.80 Å². The fourth-order valence-electron chi connectivity index (χ4n) is 9.29. The first-order valence-electron chi connectivity index (χ1n) is 21.4. The van der Waals surface area contributed by atoms with Crippen molar-refractivity contribution in [2.24, 2.45) is 0 Å². The Kier molecular flexibility index (Phi) is 9.32. The van der Waals surface area contributed by atoms with Crippen LogP contribution in [0.3, 0.4) is 0 Å². The zero-order valence-electron chi connectivity index (χ0n) is 34.8. The van der Waals surface area contributed by atoms with Gasteiger partial charge in [0.2, 0.25) is 0 Å². The number of fused-ring (bicyclic) bond motifs is 2. The SMILES string of the molecule is Cc1ccc(C(=Cc2ccc(N(c3ccc(N(c4ccccc4)c4ccccc4)cc3)c3ccc4c5cccc6cccc(c7cccc3c74)c65)cc2)c2ccc(C)cc2)cc1. The fourth-order valence-corrected chi connectivity index (χ4v) is 9.29. The molecular formula is C60H44N2. The zero-order chi connectivity index (χ0) is 41.6. The Hall–Kier alpha value is -7.94. The van der Waals surface area contributed by atoms with Gasteiger partial charge in [-0.1, -0.05) is 169 Å². The maximum atomic E-state index is 2.43. The predicted molar refractivity (Wildman–Crippen MR) is 266 cm³/mol. The van der Waals surface area contributed by atoms with Crippen LogP contribution in [0.15, 0.2) is 224 Å². The van der Waals surface area contributed by atoms with Gasteiger partial charge in [0.05, 0.1) is 5.69 Å². The average Bonchev–Trinajstić information content (AvgIpc) is 3.33. The van der Waals surface area contributed by atoms with Gasteiger partial charge in [-0.05, 0) is 147 Å². The number of anilines is 6. The maximum absolute atomic E-state index is 2.43. The monoisotopic (exact) mass is 792 g/mol. The van der Waals surface area contributed by atoms with E-state index < -0.39 is 0 Å². The van der Waals surface area contributed by atoms with Gasteiger partial charge in [0.15, 0.2) is 0 Å². The highest BCUT2D eigenvalue weighted by molar-refractivity contribution is 6.34. The van der Waals surface area contributed by atoms with Crippen LogP contribution in [-0.4, -0.2) is 0 Å². The highest BCUT2D eigenvalue weighted by Crippen LogP contribution is 2.47. The van der Waals surface area contributed by atoms with Crippen molar-refractivity contribution >= 4 is 88.9 Å². The number of rotatable bonds is 9. The van der Waals surface area contributed by atoms with Gasteiger partial charge in [0.25, 0.3) is 0 Å². The molecular weight excluding hydrogens is 749 g/mol. The number of hydrogen-bond acceptors (Lipinski definition) is 2. The largest absolute Gasteiger partial charge is 0.311 e. The first kappa shape index (κ1) is 37.1. The summed E-state index contributed by atoms with van der Waals surface area (Å²) in [6.07, 6.45) is 2.32. The minimum Gasteiger partial charge on any atom is -0.311 e. The standard InChI is InChI=1S/C60H44N2/c1-41-22-28-44(29-23-41)57(45-30-24-42(2)25-31-45)40-43-26-32-50(33-27-43)62(51-36-34-49(35-37-51)61(47-14-5-3-6-15-47)48-16-7-4-8-17-48)58-39-38-55-53-19-10-13-46-12-9-18-52(59(46)53)54-20-11-21-56(58)60(54)55/h3-40H,1-2H3. The van der Waals surface area contributed by atoms with E-state index >= 15 is 0 Å². The topological polar surface area (TPSA) is 6.48 Å². The number of aryl methyl sites for hydroxylation is 2. The van der Waals surface area contributed by atoms with E-state index in [2.05, 4.69) is 254 Å². The summed E-state index contributed by atoms with van der Waals surface area (Å²) in [4.78, 5) is 4.74. The molecule has 294 valence electrons. The van der Waals surface area contributed by atoms with E-state index in [-0.39, 0.29) is 0 Å². The molecule has 0 aliphatic rings. The van der Waals surface area contributed by atoms with Crippen molar-refractivity contribution in [3.05, 3.63) is 252 Å². The van der Waals surface area contributed by atoms with Crippen LogP contribution in [0.2, 0.25) is 0 Å². The Bertz CT molecular complexity index is 3230. The molecule has 0 radical (unpaired) electrons. The van der Waals surface area contributed by atoms with Crippen molar-refractivity contribution < 1.29 is 0 Å². The van der Waals surface area contributed by atoms with Gasteiger partial charge in [-0.25, -0.2) is 0 Å². The normalized spacial score (nSPS) is 11.4. The smallest absolute Gasteiger partial charge is 0.0540 e. The molecule has 11 aromatic carbocycles. The van der Waals surface area contributed by atoms with Gasteiger partial charge < -0.3 is 9.80 Å². The van der Waals surface area contributed by atoms with Crippen LogP contribution in [0.1, 0.15) is 27.8 Å². The van der Waals surface area contributed by atoms with Gasteiger partial charge in [-0.3, -0.25) is 0 Å². The van der Waals surface area contributed by atoms with Crippen LogP contribution in [0.5, 0.6) is 0 Å². The molecule has 0 saturated carbocycles. The number of nitrogens with zero attached hydrogens (tertiary/aromatic N) is 2. The van der Waals surface area contributed by atoms with Crippen molar-refractivity contribution in [1.29, 1.82) is 0 Å². The van der Waals surface area contributed by atoms with Crippen molar-refractivity contribution in [3.8, 4) is 0 Å². The molecule has 0 spiro atoms. The molecule has 0 N–H and O–H groups in total. The van der Waals surface area contributed by atoms with Crippen LogP contribution >= 0.6 is 0 Å². The van der Waals surface area contributed by atoms with E-state index in [1.165, 1.54) is 70.9 Å². The Morgan fingerprint density at radius 3 is 1.27 bits per heavy atom. The molecule has 0 heterocycles. The van der Waals surface area contributed by atoms with Crippen LogP contribution in [0.25, 0.3) is 54.7 Å². The van der Waals surface area contributed by atoms with Crippen LogP contribution in [0.4, 0.5) is 34.1 Å². The first-order valence-corrected chi connectivity index (χ1v) is 21.4. The zero-order valence-corrected chi connectivity index (χ0v) is 34.8. The summed E-state index contributed by atoms with van der Waals surface area (Å²) in [6, 6.07) is 81.9. The maximum Gasteiger partial charge on any atom is 0.0540 e. The minimum atomic E-state index is 1.08. The van der Waals surface area contributed by atoms with E-state index in [9.17, 15) is 0 Å². The third-order valence-electron chi connectivity index (χ3n) is 12.3. The van der Waals surface area contributed by atoms with E-state index in [1.54, 1.807) is 0 Å². The Balaban J connectivity index is 1.08. The third kappa shape index (κ3) is 6.63. The molecule has 0 unspecified atom stereocenters. The Labute approximate surface area is 363 Å². The number of para-hydroxylation sites is 2. The van der Waals surface area contributed by atoms with Gasteiger partial charge in [-0.15, -0.1) is 0 Å². The quantitative estimate of drug-likeness (QED) is 0.0816. The van der Waals surface area contributed by atoms with Crippen molar-refractivity contribution in [2.45, 2.75) is 13.8 Å². The molecule has 62 heavy (non-hydrogen) atoms. The van der Waals surface area contributed by atoms with Crippen LogP contribution in [-0.2, 0) is 0 Å². The van der Waals surface area contributed by atoms with Crippen LogP contribution in [0, 0.1) is 13.8 Å². The highest BCUT2D eigenvalue weighted by Gasteiger charge is 2.21. The second kappa shape index (κ2) is 15.6. The molecule has 0 amide bonds. The van der Waals surface area contributed by atoms with Crippen LogP contribution < -0.4 is 9.80 Å². The summed E-state index contributed by atoms with van der Waals surface area (Å²) in [5.74, 6) is 0. The summed E-state index contributed by atoms with van der Waals surface area (Å²) in [6.45, 7) is 4.28. The lowest BCUT2D eigenvalue weighted by Crippen LogP contribution is -2.12. The summed E-state index contributed by atoms with van der Waals surface area (Å²) < 4.78 is 0. The molecule has 0 saturated heterocycles. The van der Waals surface area contributed by atoms with E-state index in [1.807, 2.05) is 0 Å². The number of hydrogen-bond donors (Lipinski definition) is 0. The van der Waals surface area contributed by atoms with Crippen molar-refractivity contribution in [3.63, 3.8) is 0 Å². The second-order valence-electron chi connectivity index (χ2n) is 16.3. The average molecular weight is 793 g/mol. The van der Waals surface area contributed by atoms with Gasteiger partial charge in [-0.2, -0.15) is 0 Å². The molecule has 11 aromatic rings. The molecule has 2 nitrogen and oxygen atoms in total. The summed E-state index contributed by atoms with van der Waals surface area (Å²) in [7, 11) is 0. The fraction of sp³-hybridized carbons (Fsp3) is 0.0333. The molecule has 0 aliphatic carbocycles. The molecule has 11 rings (SSSR count). The van der Waals surface area contributed by atoms with Gasteiger partial charge >= 0.3 is 0 Å². The number of benzene rings is 11. The van der Waals surface area contributed by atoms with Gasteiger partial charge in [0, 0.05) is 33.8 Å². The Morgan fingerprint density at radius 1 is 0.323 bits per heavy atom.